The summed E-state index contributed by atoms with van der Waals surface area (Å²) in [5.41, 5.74) is -0.289. The monoisotopic (exact) mass is 332 g/mol. The van der Waals surface area contributed by atoms with Gasteiger partial charge in [-0.2, -0.15) is 13.2 Å². The fraction of sp³-hybridized carbons (Fsp3) is 0.647. The number of benzene rings is 1. The van der Waals surface area contributed by atoms with Gasteiger partial charge < -0.3 is 15.0 Å². The molecule has 1 aliphatic heterocycles. The molecule has 1 aromatic rings. The van der Waals surface area contributed by atoms with E-state index >= 15 is 0 Å². The lowest BCUT2D eigenvalue weighted by atomic mass is 10.1. The SMILES string of the molecule is CC.CCN1CCC(Oc2ccc(NC)cc2C(F)(F)F)CC1. The first-order valence-corrected chi connectivity index (χ1v) is 8.22. The van der Waals surface area contributed by atoms with Crippen molar-refractivity contribution in [1.29, 1.82) is 0 Å². The summed E-state index contributed by atoms with van der Waals surface area (Å²) in [7, 11) is 1.59. The Morgan fingerprint density at radius 3 is 2.30 bits per heavy atom. The van der Waals surface area contributed by atoms with Gasteiger partial charge in [0, 0.05) is 25.8 Å². The lowest BCUT2D eigenvalue weighted by Gasteiger charge is -2.31. The fourth-order valence-electron chi connectivity index (χ4n) is 2.53. The Balaban J connectivity index is 0.00000127. The van der Waals surface area contributed by atoms with Crippen LogP contribution in [0.15, 0.2) is 18.2 Å². The highest BCUT2D eigenvalue weighted by Gasteiger charge is 2.35. The van der Waals surface area contributed by atoms with Crippen molar-refractivity contribution in [3.63, 3.8) is 0 Å². The van der Waals surface area contributed by atoms with Crippen molar-refractivity contribution in [2.24, 2.45) is 0 Å². The summed E-state index contributed by atoms with van der Waals surface area (Å²) in [6, 6.07) is 4.10. The van der Waals surface area contributed by atoms with Crippen LogP contribution in [0.2, 0.25) is 0 Å². The van der Waals surface area contributed by atoms with Crippen LogP contribution in [0.25, 0.3) is 0 Å². The van der Waals surface area contributed by atoms with Crippen LogP contribution >= 0.6 is 0 Å². The second-order valence-corrected chi connectivity index (χ2v) is 5.21. The summed E-state index contributed by atoms with van der Waals surface area (Å²) >= 11 is 0. The van der Waals surface area contributed by atoms with E-state index < -0.39 is 11.7 Å². The molecule has 1 aromatic carbocycles. The molecule has 132 valence electrons. The summed E-state index contributed by atoms with van der Waals surface area (Å²) in [4.78, 5) is 2.27. The highest BCUT2D eigenvalue weighted by atomic mass is 19.4. The number of anilines is 1. The maximum atomic E-state index is 13.1. The molecule has 2 rings (SSSR count). The summed E-state index contributed by atoms with van der Waals surface area (Å²) < 4.78 is 45.0. The summed E-state index contributed by atoms with van der Waals surface area (Å²) in [5, 5.41) is 2.72. The van der Waals surface area contributed by atoms with Crippen LogP contribution in [-0.4, -0.2) is 37.7 Å². The average Bonchev–Trinajstić information content (AvgIpc) is 2.57. The van der Waals surface area contributed by atoms with Crippen molar-refractivity contribution >= 4 is 5.69 Å². The Morgan fingerprint density at radius 1 is 1.22 bits per heavy atom. The van der Waals surface area contributed by atoms with E-state index in [0.717, 1.165) is 38.5 Å². The number of ether oxygens (including phenoxy) is 1. The van der Waals surface area contributed by atoms with Crippen LogP contribution in [-0.2, 0) is 6.18 Å². The topological polar surface area (TPSA) is 24.5 Å². The van der Waals surface area contributed by atoms with Gasteiger partial charge in [0.2, 0.25) is 0 Å². The van der Waals surface area contributed by atoms with E-state index in [-0.39, 0.29) is 11.9 Å². The molecule has 0 saturated carbocycles. The third-order valence-corrected chi connectivity index (χ3v) is 3.85. The van der Waals surface area contributed by atoms with Gasteiger partial charge in [-0.25, -0.2) is 0 Å². The van der Waals surface area contributed by atoms with E-state index in [0.29, 0.717) is 5.69 Å². The van der Waals surface area contributed by atoms with Crippen LogP contribution in [0.3, 0.4) is 0 Å². The summed E-state index contributed by atoms with van der Waals surface area (Å²) in [6.07, 6.45) is -3.03. The summed E-state index contributed by atoms with van der Waals surface area (Å²) in [5.74, 6) is -0.0727. The van der Waals surface area contributed by atoms with Gasteiger partial charge >= 0.3 is 6.18 Å². The van der Waals surface area contributed by atoms with Crippen molar-refractivity contribution in [2.45, 2.75) is 45.9 Å². The quantitative estimate of drug-likeness (QED) is 0.869. The molecular weight excluding hydrogens is 305 g/mol. The fourth-order valence-corrected chi connectivity index (χ4v) is 2.53. The molecule has 0 radical (unpaired) electrons. The molecular formula is C17H27F3N2O. The first-order valence-electron chi connectivity index (χ1n) is 8.22. The second-order valence-electron chi connectivity index (χ2n) is 5.21. The van der Waals surface area contributed by atoms with Crippen LogP contribution in [0.4, 0.5) is 18.9 Å². The molecule has 23 heavy (non-hydrogen) atoms. The first kappa shape index (κ1) is 19.6. The molecule has 6 heteroatoms. The maximum absolute atomic E-state index is 13.1. The number of likely N-dealkylation sites (tertiary alicyclic amines) is 1. The normalized spacial score (nSPS) is 16.5. The van der Waals surface area contributed by atoms with E-state index in [1.54, 1.807) is 13.1 Å². The predicted octanol–water partition coefficient (Wildman–Crippen LogP) is 4.64. The van der Waals surface area contributed by atoms with Gasteiger partial charge in [0.15, 0.2) is 0 Å². The number of halogens is 3. The van der Waals surface area contributed by atoms with Gasteiger partial charge in [0.25, 0.3) is 0 Å². The minimum absolute atomic E-state index is 0.0727. The maximum Gasteiger partial charge on any atom is 0.420 e. The van der Waals surface area contributed by atoms with Crippen LogP contribution in [0.5, 0.6) is 5.75 Å². The second kappa shape index (κ2) is 9.01. The number of hydrogen-bond donors (Lipinski definition) is 1. The van der Waals surface area contributed by atoms with Crippen molar-refractivity contribution in [1.82, 2.24) is 4.90 Å². The molecule has 0 aromatic heterocycles. The molecule has 1 saturated heterocycles. The molecule has 1 aliphatic rings. The standard InChI is InChI=1S/C15H21F3N2O.C2H6/c1-3-20-8-6-12(7-9-20)21-14-5-4-11(19-2)10-13(14)15(16,17)18;1-2/h4-5,10,12,19H,3,6-9H2,1-2H3;1-2H3. The molecule has 1 N–H and O–H groups in total. The van der Waals surface area contributed by atoms with Crippen LogP contribution in [0, 0.1) is 0 Å². The smallest absolute Gasteiger partial charge is 0.420 e. The van der Waals surface area contributed by atoms with Crippen LogP contribution in [0.1, 0.15) is 39.2 Å². The number of hydrogen-bond acceptors (Lipinski definition) is 3. The van der Waals surface area contributed by atoms with Gasteiger partial charge in [0.1, 0.15) is 11.9 Å². The molecule has 0 aliphatic carbocycles. The average molecular weight is 332 g/mol. The molecule has 1 heterocycles. The third-order valence-electron chi connectivity index (χ3n) is 3.85. The lowest BCUT2D eigenvalue weighted by Crippen LogP contribution is -2.38. The van der Waals surface area contributed by atoms with Gasteiger partial charge in [-0.1, -0.05) is 20.8 Å². The Hall–Kier alpha value is -1.43. The van der Waals surface area contributed by atoms with Gasteiger partial charge in [-0.3, -0.25) is 0 Å². The number of rotatable bonds is 4. The van der Waals surface area contributed by atoms with Crippen molar-refractivity contribution in [2.75, 3.05) is 32.0 Å². The summed E-state index contributed by atoms with van der Waals surface area (Å²) in [6.45, 7) is 8.80. The Kier molecular flexibility index (Phi) is 7.68. The Morgan fingerprint density at radius 2 is 1.83 bits per heavy atom. The van der Waals surface area contributed by atoms with E-state index in [1.807, 2.05) is 13.8 Å². The molecule has 3 nitrogen and oxygen atoms in total. The Bertz CT molecular complexity index is 469. The zero-order valence-electron chi connectivity index (χ0n) is 14.3. The van der Waals surface area contributed by atoms with Crippen LogP contribution < -0.4 is 10.1 Å². The lowest BCUT2D eigenvalue weighted by molar-refractivity contribution is -0.139. The number of alkyl halides is 3. The van der Waals surface area contributed by atoms with Gasteiger partial charge in [-0.15, -0.1) is 0 Å². The minimum Gasteiger partial charge on any atom is -0.490 e. The highest BCUT2D eigenvalue weighted by Crippen LogP contribution is 2.38. The first-order chi connectivity index (χ1) is 10.9. The third kappa shape index (κ3) is 5.61. The molecule has 0 atom stereocenters. The van der Waals surface area contributed by atoms with Crippen molar-refractivity contribution < 1.29 is 17.9 Å². The predicted molar refractivity (Wildman–Crippen MR) is 88.1 cm³/mol. The molecule has 0 spiro atoms. The molecule has 0 unspecified atom stereocenters. The number of piperidine rings is 1. The van der Waals surface area contributed by atoms with E-state index in [9.17, 15) is 13.2 Å². The highest BCUT2D eigenvalue weighted by molar-refractivity contribution is 5.51. The largest absolute Gasteiger partial charge is 0.490 e. The minimum atomic E-state index is -4.41. The van der Waals surface area contributed by atoms with Gasteiger partial charge in [0.05, 0.1) is 5.56 Å². The Labute approximate surface area is 136 Å². The van der Waals surface area contributed by atoms with E-state index in [4.69, 9.17) is 4.74 Å². The van der Waals surface area contributed by atoms with Gasteiger partial charge in [-0.05, 0) is 37.6 Å². The molecule has 0 amide bonds. The zero-order valence-corrected chi connectivity index (χ0v) is 14.3. The molecule has 1 fully saturated rings. The number of nitrogens with one attached hydrogen (secondary N) is 1. The molecule has 0 bridgehead atoms. The van der Waals surface area contributed by atoms with E-state index in [2.05, 4.69) is 17.1 Å². The number of nitrogens with zero attached hydrogens (tertiary/aromatic N) is 1. The zero-order chi connectivity index (χ0) is 17.5. The van der Waals surface area contributed by atoms with Crippen molar-refractivity contribution in [3.05, 3.63) is 23.8 Å². The van der Waals surface area contributed by atoms with Crippen molar-refractivity contribution in [3.8, 4) is 5.75 Å². The van der Waals surface area contributed by atoms with E-state index in [1.165, 1.54) is 6.07 Å².